The molecular weight excluding hydrogens is 490 g/mol. The standard InChI is InChI=1S/C23H22F2N8O2S/c24-17-1-2-20(25)21(11-17)36(34,35)32-9-7-31(8-10-32)14-18(3-5-26)33-13-16(12-30-33)22-19-4-6-27-23(19)29-15-28-22/h1-2,4,6,11-13,15,18H,3,7-10,14H2,(H,27,28,29). The van der Waals surface area contributed by atoms with Crippen LogP contribution in [0.3, 0.4) is 0 Å². The van der Waals surface area contributed by atoms with Gasteiger partial charge in [-0.15, -0.1) is 0 Å². The van der Waals surface area contributed by atoms with Crippen LogP contribution in [0.15, 0.2) is 54.1 Å². The maximum Gasteiger partial charge on any atom is 0.246 e. The number of rotatable bonds is 7. The van der Waals surface area contributed by atoms with Gasteiger partial charge in [0.05, 0.1) is 30.4 Å². The molecule has 0 aliphatic carbocycles. The number of benzene rings is 1. The van der Waals surface area contributed by atoms with Crippen LogP contribution < -0.4 is 0 Å². The van der Waals surface area contributed by atoms with E-state index in [4.69, 9.17) is 0 Å². The van der Waals surface area contributed by atoms with Gasteiger partial charge in [-0.1, -0.05) is 0 Å². The number of nitrogens with zero attached hydrogens (tertiary/aromatic N) is 7. The number of nitriles is 1. The summed E-state index contributed by atoms with van der Waals surface area (Å²) in [7, 11) is -4.16. The summed E-state index contributed by atoms with van der Waals surface area (Å²) in [4.78, 5) is 13.0. The molecule has 5 rings (SSSR count). The minimum Gasteiger partial charge on any atom is -0.346 e. The molecule has 4 heterocycles. The minimum atomic E-state index is -4.16. The number of aromatic amines is 1. The van der Waals surface area contributed by atoms with E-state index in [0.29, 0.717) is 31.3 Å². The number of H-pyrrole nitrogens is 1. The third-order valence-electron chi connectivity index (χ3n) is 6.24. The fourth-order valence-electron chi connectivity index (χ4n) is 4.37. The monoisotopic (exact) mass is 512 g/mol. The zero-order valence-corrected chi connectivity index (χ0v) is 19.9. The normalized spacial score (nSPS) is 16.2. The Kier molecular flexibility index (Phi) is 6.48. The van der Waals surface area contributed by atoms with Gasteiger partial charge in [0, 0.05) is 56.1 Å². The Morgan fingerprint density at radius 1 is 1.14 bits per heavy atom. The molecule has 3 aromatic heterocycles. The van der Waals surface area contributed by atoms with E-state index in [-0.39, 0.29) is 25.6 Å². The molecule has 1 saturated heterocycles. The van der Waals surface area contributed by atoms with Crippen molar-refractivity contribution in [1.29, 1.82) is 5.26 Å². The van der Waals surface area contributed by atoms with Gasteiger partial charge < -0.3 is 4.98 Å². The van der Waals surface area contributed by atoms with E-state index in [1.165, 1.54) is 6.33 Å². The lowest BCUT2D eigenvalue weighted by molar-refractivity contribution is 0.162. The van der Waals surface area contributed by atoms with Gasteiger partial charge >= 0.3 is 0 Å². The van der Waals surface area contributed by atoms with Crippen LogP contribution in [-0.4, -0.2) is 75.1 Å². The summed E-state index contributed by atoms with van der Waals surface area (Å²) in [5.74, 6) is -1.80. The number of nitrogens with one attached hydrogen (secondary N) is 1. The Labute approximate surface area is 205 Å². The Morgan fingerprint density at radius 3 is 2.72 bits per heavy atom. The molecule has 0 amide bonds. The summed E-state index contributed by atoms with van der Waals surface area (Å²) in [5.41, 5.74) is 2.23. The van der Waals surface area contributed by atoms with Crippen molar-refractivity contribution in [3.63, 3.8) is 0 Å². The van der Waals surface area contributed by atoms with Crippen molar-refractivity contribution in [2.24, 2.45) is 0 Å². The van der Waals surface area contributed by atoms with Gasteiger partial charge in [0.15, 0.2) is 0 Å². The summed E-state index contributed by atoms with van der Waals surface area (Å²) in [6.07, 6.45) is 6.99. The molecule has 0 saturated carbocycles. The van der Waals surface area contributed by atoms with Gasteiger partial charge in [-0.3, -0.25) is 9.58 Å². The lowest BCUT2D eigenvalue weighted by Crippen LogP contribution is -2.50. The van der Waals surface area contributed by atoms with Crippen molar-refractivity contribution >= 4 is 21.1 Å². The van der Waals surface area contributed by atoms with Crippen LogP contribution >= 0.6 is 0 Å². The first-order chi connectivity index (χ1) is 17.4. The van der Waals surface area contributed by atoms with Gasteiger partial charge in [-0.05, 0) is 24.3 Å². The molecular formula is C23H22F2N8O2S. The van der Waals surface area contributed by atoms with E-state index in [1.807, 2.05) is 17.2 Å². The van der Waals surface area contributed by atoms with E-state index < -0.39 is 26.6 Å². The predicted molar refractivity (Wildman–Crippen MR) is 126 cm³/mol. The Bertz CT molecular complexity index is 1540. The average molecular weight is 513 g/mol. The zero-order chi connectivity index (χ0) is 25.3. The molecule has 1 aliphatic rings. The molecule has 1 aliphatic heterocycles. The molecule has 0 radical (unpaired) electrons. The minimum absolute atomic E-state index is 0.119. The highest BCUT2D eigenvalue weighted by Crippen LogP contribution is 2.26. The third kappa shape index (κ3) is 4.58. The highest BCUT2D eigenvalue weighted by molar-refractivity contribution is 7.89. The first kappa shape index (κ1) is 24.0. The Hall–Kier alpha value is -3.73. The number of hydrogen-bond donors (Lipinski definition) is 1. The maximum absolute atomic E-state index is 14.1. The molecule has 0 spiro atoms. The molecule has 1 aromatic carbocycles. The number of halogens is 2. The van der Waals surface area contributed by atoms with Crippen molar-refractivity contribution in [2.45, 2.75) is 17.4 Å². The van der Waals surface area contributed by atoms with E-state index >= 15 is 0 Å². The van der Waals surface area contributed by atoms with Crippen LogP contribution in [0.25, 0.3) is 22.3 Å². The van der Waals surface area contributed by atoms with Crippen LogP contribution in [0, 0.1) is 23.0 Å². The first-order valence-electron chi connectivity index (χ1n) is 11.2. The maximum atomic E-state index is 14.1. The van der Waals surface area contributed by atoms with Crippen molar-refractivity contribution in [3.8, 4) is 17.3 Å². The molecule has 36 heavy (non-hydrogen) atoms. The molecule has 13 heteroatoms. The highest BCUT2D eigenvalue weighted by atomic mass is 32.2. The lowest BCUT2D eigenvalue weighted by atomic mass is 10.1. The molecule has 186 valence electrons. The Balaban J connectivity index is 1.28. The molecule has 1 N–H and O–H groups in total. The van der Waals surface area contributed by atoms with Crippen LogP contribution in [0.1, 0.15) is 12.5 Å². The molecule has 10 nitrogen and oxygen atoms in total. The van der Waals surface area contributed by atoms with Crippen molar-refractivity contribution < 1.29 is 17.2 Å². The quantitative estimate of drug-likeness (QED) is 0.404. The van der Waals surface area contributed by atoms with E-state index in [9.17, 15) is 22.5 Å². The number of hydrogen-bond acceptors (Lipinski definition) is 7. The smallest absolute Gasteiger partial charge is 0.246 e. The second kappa shape index (κ2) is 9.73. The second-order valence-electron chi connectivity index (χ2n) is 8.47. The van der Waals surface area contributed by atoms with Gasteiger partial charge in [0.1, 0.15) is 28.5 Å². The summed E-state index contributed by atoms with van der Waals surface area (Å²) in [6.45, 7) is 1.47. The van der Waals surface area contributed by atoms with Crippen molar-refractivity contribution in [3.05, 3.63) is 60.8 Å². The van der Waals surface area contributed by atoms with Crippen LogP contribution in [0.5, 0.6) is 0 Å². The summed E-state index contributed by atoms with van der Waals surface area (Å²) in [6, 6.07) is 6.21. The SMILES string of the molecule is N#CCC(CN1CCN(S(=O)(=O)c2cc(F)ccc2F)CC1)n1cc(-c2ncnc3[nH]ccc23)cn1. The fraction of sp³-hybridized carbons (Fsp3) is 0.304. The second-order valence-corrected chi connectivity index (χ2v) is 10.4. The number of aromatic nitrogens is 5. The van der Waals surface area contributed by atoms with Crippen molar-refractivity contribution in [2.75, 3.05) is 32.7 Å². The lowest BCUT2D eigenvalue weighted by Gasteiger charge is -2.35. The van der Waals surface area contributed by atoms with E-state index in [2.05, 4.69) is 26.1 Å². The zero-order valence-electron chi connectivity index (χ0n) is 19.0. The van der Waals surface area contributed by atoms with E-state index in [0.717, 1.165) is 33.1 Å². The number of fused-ring (bicyclic) bond motifs is 1. The topological polar surface area (TPSA) is 124 Å². The summed E-state index contributed by atoms with van der Waals surface area (Å²) < 4.78 is 56.2. The van der Waals surface area contributed by atoms with Gasteiger partial charge in [0.2, 0.25) is 10.0 Å². The van der Waals surface area contributed by atoms with Gasteiger partial charge in [-0.25, -0.2) is 27.2 Å². The average Bonchev–Trinajstić information content (AvgIpc) is 3.55. The summed E-state index contributed by atoms with van der Waals surface area (Å²) >= 11 is 0. The number of piperazine rings is 1. The van der Waals surface area contributed by atoms with E-state index in [1.54, 1.807) is 17.1 Å². The molecule has 4 aromatic rings. The van der Waals surface area contributed by atoms with Gasteiger partial charge in [0.25, 0.3) is 0 Å². The fourth-order valence-corrected chi connectivity index (χ4v) is 5.87. The molecule has 0 bridgehead atoms. The number of sulfonamides is 1. The van der Waals surface area contributed by atoms with Gasteiger partial charge in [-0.2, -0.15) is 14.7 Å². The molecule has 1 fully saturated rings. The van der Waals surface area contributed by atoms with Crippen LogP contribution in [0.4, 0.5) is 8.78 Å². The Morgan fingerprint density at radius 2 is 1.94 bits per heavy atom. The highest BCUT2D eigenvalue weighted by Gasteiger charge is 2.32. The molecule has 1 atom stereocenters. The molecule has 1 unspecified atom stereocenters. The van der Waals surface area contributed by atoms with Crippen LogP contribution in [-0.2, 0) is 10.0 Å². The van der Waals surface area contributed by atoms with Crippen LogP contribution in [0.2, 0.25) is 0 Å². The summed E-state index contributed by atoms with van der Waals surface area (Å²) in [5, 5.41) is 14.7. The predicted octanol–water partition coefficient (Wildman–Crippen LogP) is 2.56. The third-order valence-corrected chi connectivity index (χ3v) is 8.15. The largest absolute Gasteiger partial charge is 0.346 e. The first-order valence-corrected chi connectivity index (χ1v) is 12.7. The van der Waals surface area contributed by atoms with Crippen molar-refractivity contribution in [1.82, 2.24) is 33.9 Å².